The molecule has 0 atom stereocenters. The molecule has 0 aliphatic rings. The van der Waals surface area contributed by atoms with E-state index in [-0.39, 0.29) is 18.2 Å². The molecule has 0 unspecified atom stereocenters. The average Bonchev–Trinajstić information content (AvgIpc) is 2.28. The molecule has 7 heteroatoms. The fourth-order valence-corrected chi connectivity index (χ4v) is 2.16. The van der Waals surface area contributed by atoms with Crippen LogP contribution >= 0.6 is 27.5 Å². The van der Waals surface area contributed by atoms with Crippen molar-refractivity contribution < 1.29 is 18.3 Å². The molecule has 0 N–H and O–H groups in total. The van der Waals surface area contributed by atoms with Crippen LogP contribution < -0.4 is 0 Å². The number of hydrogen-bond acceptors (Lipinski definition) is 3. The summed E-state index contributed by atoms with van der Waals surface area (Å²) in [7, 11) is 0. The first-order chi connectivity index (χ1) is 8.01. The molecule has 0 aliphatic carbocycles. The van der Waals surface area contributed by atoms with Gasteiger partial charge in [-0.05, 0) is 13.0 Å². The summed E-state index contributed by atoms with van der Waals surface area (Å²) in [6.45, 7) is 1.75. The molecule has 1 aromatic rings. The van der Waals surface area contributed by atoms with Crippen LogP contribution in [0, 0.1) is 0 Å². The smallest absolute Gasteiger partial charge is 0.357 e. The predicted octanol–water partition coefficient (Wildman–Crippen LogP) is 3.70. The summed E-state index contributed by atoms with van der Waals surface area (Å²) in [5.74, 6) is -0.781. The molecule has 1 aromatic heterocycles. The molecule has 0 saturated heterocycles. The van der Waals surface area contributed by atoms with Crippen molar-refractivity contribution in [3.63, 3.8) is 0 Å². The molecule has 94 valence electrons. The lowest BCUT2D eigenvalue weighted by Gasteiger charge is -2.10. The number of nitrogens with zero attached hydrogens (tertiary/aromatic N) is 1. The van der Waals surface area contributed by atoms with E-state index in [1.807, 2.05) is 0 Å². The number of pyridine rings is 1. The zero-order chi connectivity index (χ0) is 13.0. The molecule has 0 amide bonds. The Morgan fingerprint density at radius 1 is 1.65 bits per heavy atom. The molecule has 0 radical (unpaired) electrons. The molecular formula is C10H9BrClF2NO2. The van der Waals surface area contributed by atoms with Gasteiger partial charge in [0.1, 0.15) is 5.69 Å². The Bertz CT molecular complexity index is 429. The van der Waals surface area contributed by atoms with Crippen LogP contribution in [0.5, 0.6) is 0 Å². The third-order valence-corrected chi connectivity index (χ3v) is 2.89. The quantitative estimate of drug-likeness (QED) is 0.625. The Morgan fingerprint density at radius 2 is 2.29 bits per heavy atom. The van der Waals surface area contributed by atoms with Crippen LogP contribution in [0.4, 0.5) is 8.78 Å². The van der Waals surface area contributed by atoms with Crippen molar-refractivity contribution in [1.82, 2.24) is 4.98 Å². The Kier molecular flexibility index (Phi) is 5.27. The highest BCUT2D eigenvalue weighted by Crippen LogP contribution is 2.27. The lowest BCUT2D eigenvalue weighted by molar-refractivity contribution is 0.0516. The van der Waals surface area contributed by atoms with Gasteiger partial charge in [-0.25, -0.2) is 18.6 Å². The highest BCUT2D eigenvalue weighted by molar-refractivity contribution is 9.10. The molecule has 3 nitrogen and oxygen atoms in total. The number of carbonyl (C=O) groups is 1. The van der Waals surface area contributed by atoms with Gasteiger partial charge in [-0.2, -0.15) is 0 Å². The minimum Gasteiger partial charge on any atom is -0.461 e. The van der Waals surface area contributed by atoms with Gasteiger partial charge in [-0.15, -0.1) is 11.6 Å². The van der Waals surface area contributed by atoms with Crippen LogP contribution in [0.3, 0.4) is 0 Å². The monoisotopic (exact) mass is 327 g/mol. The molecule has 0 bridgehead atoms. The van der Waals surface area contributed by atoms with Gasteiger partial charge < -0.3 is 4.74 Å². The number of rotatable bonds is 4. The fourth-order valence-electron chi connectivity index (χ4n) is 1.17. The molecule has 0 aromatic carbocycles. The molecule has 1 rings (SSSR count). The minimum atomic E-state index is -2.76. The fraction of sp³-hybridized carbons (Fsp3) is 0.400. The Hall–Kier alpha value is -0.750. The Balaban J connectivity index is 3.28. The van der Waals surface area contributed by atoms with Crippen molar-refractivity contribution in [2.24, 2.45) is 0 Å². The summed E-state index contributed by atoms with van der Waals surface area (Å²) in [6.07, 6.45) is -2.76. The number of carbonyl (C=O) groups excluding carboxylic acids is 1. The van der Waals surface area contributed by atoms with Crippen LogP contribution in [-0.4, -0.2) is 17.6 Å². The van der Waals surface area contributed by atoms with Gasteiger partial charge in [0, 0.05) is 10.0 Å². The number of aromatic nitrogens is 1. The van der Waals surface area contributed by atoms with Crippen molar-refractivity contribution in [2.75, 3.05) is 6.61 Å². The summed E-state index contributed by atoms with van der Waals surface area (Å²) in [4.78, 5) is 15.1. The molecule has 17 heavy (non-hydrogen) atoms. The van der Waals surface area contributed by atoms with Crippen molar-refractivity contribution in [3.05, 3.63) is 27.5 Å². The maximum Gasteiger partial charge on any atom is 0.357 e. The van der Waals surface area contributed by atoms with E-state index in [0.29, 0.717) is 10.0 Å². The van der Waals surface area contributed by atoms with E-state index in [0.717, 1.165) is 6.07 Å². The van der Waals surface area contributed by atoms with E-state index in [1.165, 1.54) is 0 Å². The maximum absolute atomic E-state index is 12.5. The third kappa shape index (κ3) is 3.35. The van der Waals surface area contributed by atoms with Gasteiger partial charge in [0.2, 0.25) is 0 Å². The number of alkyl halides is 3. The standard InChI is InChI=1S/C10H9BrClF2NO2/c1-2-17-10(16)8-5(4-12)6(11)3-7(15-8)9(13)14/h3,9H,2,4H2,1H3. The molecule has 0 aliphatic heterocycles. The van der Waals surface area contributed by atoms with Crippen LogP contribution in [0.25, 0.3) is 0 Å². The average molecular weight is 329 g/mol. The second-order valence-electron chi connectivity index (χ2n) is 3.01. The third-order valence-electron chi connectivity index (χ3n) is 1.92. The molecule has 0 fully saturated rings. The zero-order valence-electron chi connectivity index (χ0n) is 8.84. The van der Waals surface area contributed by atoms with E-state index < -0.39 is 18.1 Å². The number of esters is 1. The first-order valence-corrected chi connectivity index (χ1v) is 6.04. The van der Waals surface area contributed by atoms with Crippen molar-refractivity contribution >= 4 is 33.5 Å². The van der Waals surface area contributed by atoms with Gasteiger partial charge in [-0.3, -0.25) is 0 Å². The van der Waals surface area contributed by atoms with E-state index in [1.54, 1.807) is 6.92 Å². The lowest BCUT2D eigenvalue weighted by Crippen LogP contribution is -2.12. The summed E-state index contributed by atoms with van der Waals surface area (Å²) < 4.78 is 30.1. The highest BCUT2D eigenvalue weighted by Gasteiger charge is 2.21. The molecule has 1 heterocycles. The first kappa shape index (κ1) is 14.3. The zero-order valence-corrected chi connectivity index (χ0v) is 11.2. The lowest BCUT2D eigenvalue weighted by atomic mass is 10.2. The van der Waals surface area contributed by atoms with Gasteiger partial charge in [-0.1, -0.05) is 15.9 Å². The van der Waals surface area contributed by atoms with Crippen molar-refractivity contribution in [1.29, 1.82) is 0 Å². The first-order valence-electron chi connectivity index (χ1n) is 4.71. The van der Waals surface area contributed by atoms with Gasteiger partial charge in [0.05, 0.1) is 12.5 Å². The van der Waals surface area contributed by atoms with Crippen LogP contribution in [0.2, 0.25) is 0 Å². The Morgan fingerprint density at radius 3 is 2.76 bits per heavy atom. The topological polar surface area (TPSA) is 39.2 Å². The number of ether oxygens (including phenoxy) is 1. The minimum absolute atomic E-state index is 0.0226. The Labute approximate surface area is 110 Å². The van der Waals surface area contributed by atoms with Crippen molar-refractivity contribution in [3.8, 4) is 0 Å². The highest BCUT2D eigenvalue weighted by atomic mass is 79.9. The van der Waals surface area contributed by atoms with E-state index in [2.05, 4.69) is 20.9 Å². The number of halogens is 4. The summed E-state index contributed by atoms with van der Waals surface area (Å²) >= 11 is 8.73. The number of hydrogen-bond donors (Lipinski definition) is 0. The maximum atomic E-state index is 12.5. The van der Waals surface area contributed by atoms with Crippen LogP contribution in [0.1, 0.15) is 35.1 Å². The summed E-state index contributed by atoms with van der Waals surface area (Å²) in [5.41, 5.74) is -0.324. The van der Waals surface area contributed by atoms with Gasteiger partial charge in [0.25, 0.3) is 6.43 Å². The van der Waals surface area contributed by atoms with E-state index in [9.17, 15) is 13.6 Å². The van der Waals surface area contributed by atoms with Crippen molar-refractivity contribution in [2.45, 2.75) is 19.2 Å². The van der Waals surface area contributed by atoms with Crippen LogP contribution in [-0.2, 0) is 10.6 Å². The SMILES string of the molecule is CCOC(=O)c1nc(C(F)F)cc(Br)c1CCl. The summed E-state index contributed by atoms with van der Waals surface area (Å²) in [5, 5.41) is 0. The van der Waals surface area contributed by atoms with Crippen LogP contribution in [0.15, 0.2) is 10.5 Å². The molecule has 0 spiro atoms. The van der Waals surface area contributed by atoms with E-state index in [4.69, 9.17) is 16.3 Å². The van der Waals surface area contributed by atoms with E-state index >= 15 is 0 Å². The summed E-state index contributed by atoms with van der Waals surface area (Å²) in [6, 6.07) is 1.14. The largest absolute Gasteiger partial charge is 0.461 e. The molecular weight excluding hydrogens is 319 g/mol. The van der Waals surface area contributed by atoms with Gasteiger partial charge in [0.15, 0.2) is 5.69 Å². The normalized spacial score (nSPS) is 10.7. The molecule has 0 saturated carbocycles. The predicted molar refractivity (Wildman–Crippen MR) is 62.4 cm³/mol. The second-order valence-corrected chi connectivity index (χ2v) is 4.13. The second kappa shape index (κ2) is 6.26. The van der Waals surface area contributed by atoms with Gasteiger partial charge >= 0.3 is 5.97 Å².